The van der Waals surface area contributed by atoms with Gasteiger partial charge in [0.2, 0.25) is 0 Å². The molecule has 3 atom stereocenters. The van der Waals surface area contributed by atoms with E-state index < -0.39 is 0 Å². The van der Waals surface area contributed by atoms with Crippen LogP contribution in [-0.4, -0.2) is 0 Å². The van der Waals surface area contributed by atoms with Crippen molar-refractivity contribution >= 4 is 11.6 Å². The van der Waals surface area contributed by atoms with Gasteiger partial charge in [-0.2, -0.15) is 0 Å². The van der Waals surface area contributed by atoms with Crippen LogP contribution in [0.2, 0.25) is 0 Å². The second-order valence-electron chi connectivity index (χ2n) is 6.66. The van der Waals surface area contributed by atoms with Crippen LogP contribution < -0.4 is 0 Å². The fourth-order valence-electron chi connectivity index (χ4n) is 3.18. The molecule has 0 N–H and O–H groups in total. The van der Waals surface area contributed by atoms with Gasteiger partial charge < -0.3 is 0 Å². The van der Waals surface area contributed by atoms with Crippen LogP contribution in [0.25, 0.3) is 0 Å². The summed E-state index contributed by atoms with van der Waals surface area (Å²) < 4.78 is 0. The summed E-state index contributed by atoms with van der Waals surface area (Å²) in [6.45, 7) is 4.51. The Hall–Kier alpha value is -1.27. The van der Waals surface area contributed by atoms with Gasteiger partial charge in [-0.3, -0.25) is 0 Å². The Morgan fingerprint density at radius 3 is 2.29 bits per heavy atom. The number of hydrogen-bond acceptors (Lipinski definition) is 0. The number of rotatable bonds is 5. The second-order valence-corrected chi connectivity index (χ2v) is 7.13. The molecule has 1 fully saturated rings. The van der Waals surface area contributed by atoms with Crippen molar-refractivity contribution in [3.05, 3.63) is 71.3 Å². The number of hydrogen-bond donors (Lipinski definition) is 0. The summed E-state index contributed by atoms with van der Waals surface area (Å²) in [7, 11) is 0. The zero-order valence-corrected chi connectivity index (χ0v) is 13.6. The van der Waals surface area contributed by atoms with E-state index in [9.17, 15) is 0 Å². The lowest BCUT2D eigenvalue weighted by Gasteiger charge is -2.11. The zero-order chi connectivity index (χ0) is 14.8. The zero-order valence-electron chi connectivity index (χ0n) is 12.8. The van der Waals surface area contributed by atoms with E-state index in [1.165, 1.54) is 23.1 Å². The molecule has 0 nitrogen and oxygen atoms in total. The number of alkyl halides is 1. The smallest absolute Gasteiger partial charge is 0.0619 e. The third-order valence-corrected chi connectivity index (χ3v) is 4.96. The SMILES string of the molecule is CC(C)Cc1ccc(C(Cl)C2CC2c2ccccc2)cc1. The van der Waals surface area contributed by atoms with Crippen LogP contribution in [0.15, 0.2) is 54.6 Å². The first kappa shape index (κ1) is 14.7. The van der Waals surface area contributed by atoms with E-state index in [4.69, 9.17) is 11.6 Å². The molecule has 1 heteroatoms. The molecular weight excluding hydrogens is 276 g/mol. The molecule has 0 bridgehead atoms. The topological polar surface area (TPSA) is 0 Å². The maximum atomic E-state index is 6.71. The minimum atomic E-state index is 0.142. The van der Waals surface area contributed by atoms with E-state index in [0.29, 0.717) is 17.8 Å². The molecular formula is C20H23Cl. The molecule has 2 aromatic carbocycles. The van der Waals surface area contributed by atoms with Gasteiger partial charge in [-0.15, -0.1) is 11.6 Å². The van der Waals surface area contributed by atoms with Crippen LogP contribution in [-0.2, 0) is 6.42 Å². The minimum Gasteiger partial charge on any atom is -0.117 e. The molecule has 0 aromatic heterocycles. The molecule has 0 spiro atoms. The predicted molar refractivity (Wildman–Crippen MR) is 90.9 cm³/mol. The summed E-state index contributed by atoms with van der Waals surface area (Å²) in [5, 5.41) is 0.142. The lowest BCUT2D eigenvalue weighted by atomic mass is 9.99. The fraction of sp³-hybridized carbons (Fsp3) is 0.400. The van der Waals surface area contributed by atoms with Gasteiger partial charge >= 0.3 is 0 Å². The van der Waals surface area contributed by atoms with Crippen molar-refractivity contribution in [2.75, 3.05) is 0 Å². The van der Waals surface area contributed by atoms with Gasteiger partial charge in [0, 0.05) is 0 Å². The van der Waals surface area contributed by atoms with Crippen molar-refractivity contribution in [2.24, 2.45) is 11.8 Å². The molecule has 2 aromatic rings. The molecule has 110 valence electrons. The van der Waals surface area contributed by atoms with E-state index in [1.54, 1.807) is 0 Å². The van der Waals surface area contributed by atoms with Crippen LogP contribution in [0.5, 0.6) is 0 Å². The highest BCUT2D eigenvalue weighted by atomic mass is 35.5. The maximum absolute atomic E-state index is 6.71. The highest BCUT2D eigenvalue weighted by molar-refractivity contribution is 6.21. The quantitative estimate of drug-likeness (QED) is 0.597. The van der Waals surface area contributed by atoms with Gasteiger partial charge in [-0.1, -0.05) is 68.4 Å². The fourth-order valence-corrected chi connectivity index (χ4v) is 3.60. The monoisotopic (exact) mass is 298 g/mol. The first-order valence-corrected chi connectivity index (χ1v) is 8.36. The van der Waals surface area contributed by atoms with E-state index in [1.807, 2.05) is 0 Å². The Labute approximate surface area is 133 Å². The third kappa shape index (κ3) is 3.49. The Morgan fingerprint density at radius 1 is 1.00 bits per heavy atom. The van der Waals surface area contributed by atoms with Crippen LogP contribution in [0, 0.1) is 11.8 Å². The van der Waals surface area contributed by atoms with Gasteiger partial charge in [0.05, 0.1) is 5.38 Å². The highest BCUT2D eigenvalue weighted by Gasteiger charge is 2.43. The van der Waals surface area contributed by atoms with Gasteiger partial charge in [-0.25, -0.2) is 0 Å². The molecule has 0 heterocycles. The van der Waals surface area contributed by atoms with Crippen molar-refractivity contribution in [1.82, 2.24) is 0 Å². The van der Waals surface area contributed by atoms with Crippen molar-refractivity contribution in [3.63, 3.8) is 0 Å². The van der Waals surface area contributed by atoms with Crippen molar-refractivity contribution in [3.8, 4) is 0 Å². The Balaban J connectivity index is 1.65. The second kappa shape index (κ2) is 6.23. The summed E-state index contributed by atoms with van der Waals surface area (Å²) >= 11 is 6.71. The molecule has 3 unspecified atom stereocenters. The van der Waals surface area contributed by atoms with Crippen LogP contribution in [0.1, 0.15) is 48.3 Å². The molecule has 0 aliphatic heterocycles. The Morgan fingerprint density at radius 2 is 1.67 bits per heavy atom. The minimum absolute atomic E-state index is 0.142. The number of halogens is 1. The lowest BCUT2D eigenvalue weighted by molar-refractivity contribution is 0.647. The average molecular weight is 299 g/mol. The van der Waals surface area contributed by atoms with Gasteiger partial charge in [-0.05, 0) is 47.3 Å². The largest absolute Gasteiger partial charge is 0.117 e. The molecule has 1 saturated carbocycles. The first-order chi connectivity index (χ1) is 10.1. The molecule has 21 heavy (non-hydrogen) atoms. The van der Waals surface area contributed by atoms with Gasteiger partial charge in [0.15, 0.2) is 0 Å². The summed E-state index contributed by atoms with van der Waals surface area (Å²) in [6.07, 6.45) is 2.36. The standard InChI is InChI=1S/C20H23Cl/c1-14(2)12-15-8-10-17(11-9-15)20(21)19-13-18(19)16-6-4-3-5-7-16/h3-11,14,18-20H,12-13H2,1-2H3. The van der Waals surface area contributed by atoms with Gasteiger partial charge in [0.25, 0.3) is 0 Å². The highest BCUT2D eigenvalue weighted by Crippen LogP contribution is 2.56. The van der Waals surface area contributed by atoms with Gasteiger partial charge in [0.1, 0.15) is 0 Å². The third-order valence-electron chi connectivity index (χ3n) is 4.39. The van der Waals surface area contributed by atoms with Crippen molar-refractivity contribution < 1.29 is 0 Å². The molecule has 1 aliphatic carbocycles. The molecule has 0 radical (unpaired) electrons. The maximum Gasteiger partial charge on any atom is 0.0619 e. The van der Waals surface area contributed by atoms with Crippen molar-refractivity contribution in [1.29, 1.82) is 0 Å². The predicted octanol–water partition coefficient (Wildman–Crippen LogP) is 5.97. The van der Waals surface area contributed by atoms with Crippen molar-refractivity contribution in [2.45, 2.75) is 38.0 Å². The van der Waals surface area contributed by atoms with E-state index in [-0.39, 0.29) is 5.38 Å². The number of benzene rings is 2. The van der Waals surface area contributed by atoms with Crippen LogP contribution >= 0.6 is 11.6 Å². The summed E-state index contributed by atoms with van der Waals surface area (Å²) in [5.74, 6) is 1.93. The average Bonchev–Trinajstić information content (AvgIpc) is 3.28. The van der Waals surface area contributed by atoms with Crippen LogP contribution in [0.3, 0.4) is 0 Å². The summed E-state index contributed by atoms with van der Waals surface area (Å²) in [6, 6.07) is 19.7. The Bertz CT molecular complexity index is 571. The Kier molecular flexibility index (Phi) is 4.35. The summed E-state index contributed by atoms with van der Waals surface area (Å²) in [5.41, 5.74) is 4.12. The van der Waals surface area contributed by atoms with Crippen LogP contribution in [0.4, 0.5) is 0 Å². The molecule has 0 saturated heterocycles. The summed E-state index contributed by atoms with van der Waals surface area (Å²) in [4.78, 5) is 0. The normalized spacial score (nSPS) is 22.3. The van der Waals surface area contributed by atoms with E-state index in [0.717, 1.165) is 6.42 Å². The van der Waals surface area contributed by atoms with E-state index >= 15 is 0 Å². The molecule has 0 amide bonds. The lowest BCUT2D eigenvalue weighted by Crippen LogP contribution is -1.97. The molecule has 3 rings (SSSR count). The van der Waals surface area contributed by atoms with E-state index in [2.05, 4.69) is 68.4 Å². The first-order valence-electron chi connectivity index (χ1n) is 7.93. The molecule has 1 aliphatic rings.